The van der Waals surface area contributed by atoms with E-state index in [4.69, 9.17) is 0 Å². The third-order valence-electron chi connectivity index (χ3n) is 14.6. The minimum atomic E-state index is 1.21. The first kappa shape index (κ1) is 38.4. The summed E-state index contributed by atoms with van der Waals surface area (Å²) in [6.45, 7) is 0. The van der Waals surface area contributed by atoms with E-state index in [1.807, 2.05) is 0 Å². The molecule has 0 atom stereocenters. The minimum absolute atomic E-state index is 1.21. The zero-order valence-corrected chi connectivity index (χ0v) is 37.2. The summed E-state index contributed by atoms with van der Waals surface area (Å²) in [6, 6.07) is 94.7. The molecule has 0 heterocycles. The van der Waals surface area contributed by atoms with Gasteiger partial charge in [0.15, 0.2) is 0 Å². The second-order valence-electron chi connectivity index (χ2n) is 18.3. The molecule has 0 fully saturated rings. The van der Waals surface area contributed by atoms with Crippen molar-refractivity contribution < 1.29 is 0 Å². The maximum Gasteiger partial charge on any atom is -0.00201 e. The van der Waals surface area contributed by atoms with Crippen molar-refractivity contribution >= 4 is 86.2 Å². The summed E-state index contributed by atoms with van der Waals surface area (Å²) in [4.78, 5) is 0. The third kappa shape index (κ3) is 5.94. The normalized spacial score (nSPS) is 11.8. The van der Waals surface area contributed by atoms with Crippen LogP contribution in [0.5, 0.6) is 0 Å². The van der Waals surface area contributed by atoms with Gasteiger partial charge in [0, 0.05) is 0 Å². The molecule has 0 radical (unpaired) electrons. The van der Waals surface area contributed by atoms with E-state index in [1.165, 1.54) is 142 Å². The lowest BCUT2D eigenvalue weighted by Gasteiger charge is -2.20. The Morgan fingerprint density at radius 2 is 0.441 bits per heavy atom. The Balaban J connectivity index is 0.907. The molecule has 0 N–H and O–H groups in total. The molecule has 0 aliphatic rings. The van der Waals surface area contributed by atoms with Gasteiger partial charge in [-0.2, -0.15) is 0 Å². The standard InChI is InChI=1S/C68H42/c1-2-18-45-42-50(35-34-43(45)16-1)65-57-23-5-7-25-59(57)67(60-26-8-6-24-58(60)65)55-32-14-20-48-40-46(36-38-52(48)55)47-37-39-53-49(41-47)21-15-33-56(53)68-63-29-11-9-27-61(63)66(62-28-10-12-30-64(62)68)54-31-13-19-44-17-3-4-22-51(44)54/h1-42H. The number of hydrogen-bond donors (Lipinski definition) is 0. The molecule has 0 unspecified atom stereocenters. The highest BCUT2D eigenvalue weighted by atomic mass is 14.2. The van der Waals surface area contributed by atoms with Crippen LogP contribution in [0.1, 0.15) is 0 Å². The molecule has 68 heavy (non-hydrogen) atoms. The summed E-state index contributed by atoms with van der Waals surface area (Å²) in [5.74, 6) is 0. The Kier molecular flexibility index (Phi) is 8.69. The van der Waals surface area contributed by atoms with Crippen LogP contribution in [0.15, 0.2) is 255 Å². The molecule has 14 aromatic rings. The average molecular weight is 859 g/mol. The zero-order chi connectivity index (χ0) is 44.7. The monoisotopic (exact) mass is 858 g/mol. The van der Waals surface area contributed by atoms with Crippen LogP contribution in [-0.4, -0.2) is 0 Å². The van der Waals surface area contributed by atoms with Crippen molar-refractivity contribution in [2.24, 2.45) is 0 Å². The van der Waals surface area contributed by atoms with Crippen molar-refractivity contribution in [3.8, 4) is 55.6 Å². The van der Waals surface area contributed by atoms with Crippen molar-refractivity contribution in [2.45, 2.75) is 0 Å². The SMILES string of the molecule is c1ccc2cc(-c3c4ccccc4c(-c4cccc5cc(-c6ccc7c(-c8c9ccccc9c(-c9cccc%10ccccc9%10)c9ccccc89)cccc7c6)ccc45)c4ccccc34)ccc2c1. The van der Waals surface area contributed by atoms with E-state index >= 15 is 0 Å². The van der Waals surface area contributed by atoms with Gasteiger partial charge in [-0.15, -0.1) is 0 Å². The van der Waals surface area contributed by atoms with Crippen LogP contribution < -0.4 is 0 Å². The molecule has 0 bridgehead atoms. The molecule has 14 aromatic carbocycles. The van der Waals surface area contributed by atoms with Crippen LogP contribution in [0.25, 0.3) is 142 Å². The molecule has 0 spiro atoms. The van der Waals surface area contributed by atoms with Gasteiger partial charge >= 0.3 is 0 Å². The summed E-state index contributed by atoms with van der Waals surface area (Å²) < 4.78 is 0. The summed E-state index contributed by atoms with van der Waals surface area (Å²) in [5.41, 5.74) is 12.6. The molecule has 0 amide bonds. The van der Waals surface area contributed by atoms with Crippen molar-refractivity contribution in [1.29, 1.82) is 0 Å². The van der Waals surface area contributed by atoms with Crippen LogP contribution in [0.4, 0.5) is 0 Å². The number of hydrogen-bond acceptors (Lipinski definition) is 0. The molecular formula is C68H42. The van der Waals surface area contributed by atoms with Crippen LogP contribution in [0, 0.1) is 0 Å². The molecule has 0 aromatic heterocycles. The summed E-state index contributed by atoms with van der Waals surface area (Å²) in [5, 5.41) is 20.1. The largest absolute Gasteiger partial charge is 0.0616 e. The maximum atomic E-state index is 2.38. The number of fused-ring (bicyclic) bond motifs is 8. The highest BCUT2D eigenvalue weighted by Gasteiger charge is 2.21. The first-order valence-corrected chi connectivity index (χ1v) is 23.7. The Labute approximate surface area is 394 Å². The summed E-state index contributed by atoms with van der Waals surface area (Å²) >= 11 is 0. The predicted molar refractivity (Wildman–Crippen MR) is 294 cm³/mol. The van der Waals surface area contributed by atoms with Gasteiger partial charge in [0.2, 0.25) is 0 Å². The minimum Gasteiger partial charge on any atom is -0.0616 e. The van der Waals surface area contributed by atoms with Crippen LogP contribution in [0.2, 0.25) is 0 Å². The lowest BCUT2D eigenvalue weighted by molar-refractivity contribution is 1.65. The van der Waals surface area contributed by atoms with E-state index in [1.54, 1.807) is 0 Å². The molecule has 0 nitrogen and oxygen atoms in total. The maximum absolute atomic E-state index is 2.38. The summed E-state index contributed by atoms with van der Waals surface area (Å²) in [6.07, 6.45) is 0. The van der Waals surface area contributed by atoms with Crippen LogP contribution in [0.3, 0.4) is 0 Å². The van der Waals surface area contributed by atoms with Gasteiger partial charge in [-0.25, -0.2) is 0 Å². The Morgan fingerprint density at radius 1 is 0.147 bits per heavy atom. The fraction of sp³-hybridized carbons (Fsp3) is 0. The van der Waals surface area contributed by atoms with Crippen molar-refractivity contribution in [3.05, 3.63) is 255 Å². The molecule has 0 saturated carbocycles. The van der Waals surface area contributed by atoms with E-state index in [9.17, 15) is 0 Å². The summed E-state index contributed by atoms with van der Waals surface area (Å²) in [7, 11) is 0. The fourth-order valence-corrected chi connectivity index (χ4v) is 11.6. The quantitative estimate of drug-likeness (QED) is 0.151. The topological polar surface area (TPSA) is 0 Å². The lowest BCUT2D eigenvalue weighted by atomic mass is 9.83. The fourth-order valence-electron chi connectivity index (χ4n) is 11.6. The van der Waals surface area contributed by atoms with Gasteiger partial charge < -0.3 is 0 Å². The van der Waals surface area contributed by atoms with E-state index in [-0.39, 0.29) is 0 Å². The van der Waals surface area contributed by atoms with Crippen LogP contribution in [-0.2, 0) is 0 Å². The van der Waals surface area contributed by atoms with Gasteiger partial charge in [-0.1, -0.05) is 237 Å². The molecular weight excluding hydrogens is 817 g/mol. The lowest BCUT2D eigenvalue weighted by Crippen LogP contribution is -1.92. The van der Waals surface area contributed by atoms with Gasteiger partial charge in [0.25, 0.3) is 0 Å². The predicted octanol–water partition coefficient (Wildman–Crippen LogP) is 19.2. The van der Waals surface area contributed by atoms with E-state index in [0.717, 1.165) is 0 Å². The Hall–Kier alpha value is -8.84. The highest BCUT2D eigenvalue weighted by Crippen LogP contribution is 2.48. The zero-order valence-electron chi connectivity index (χ0n) is 37.2. The first-order chi connectivity index (χ1) is 33.7. The van der Waals surface area contributed by atoms with Crippen molar-refractivity contribution in [3.63, 3.8) is 0 Å². The molecule has 0 heteroatoms. The Morgan fingerprint density at radius 3 is 0.882 bits per heavy atom. The Bertz CT molecular complexity index is 4260. The first-order valence-electron chi connectivity index (χ1n) is 23.7. The van der Waals surface area contributed by atoms with Gasteiger partial charge in [-0.3, -0.25) is 0 Å². The molecule has 0 saturated heterocycles. The second-order valence-corrected chi connectivity index (χ2v) is 18.3. The molecule has 14 rings (SSSR count). The smallest absolute Gasteiger partial charge is 0.00201 e. The third-order valence-corrected chi connectivity index (χ3v) is 14.6. The van der Waals surface area contributed by atoms with Crippen molar-refractivity contribution in [1.82, 2.24) is 0 Å². The van der Waals surface area contributed by atoms with Gasteiger partial charge in [0.1, 0.15) is 0 Å². The average Bonchev–Trinajstić information content (AvgIpc) is 3.41. The van der Waals surface area contributed by atoms with E-state index < -0.39 is 0 Å². The molecule has 0 aliphatic heterocycles. The van der Waals surface area contributed by atoms with Gasteiger partial charge in [0.05, 0.1) is 0 Å². The molecule has 314 valence electrons. The van der Waals surface area contributed by atoms with E-state index in [0.29, 0.717) is 0 Å². The van der Waals surface area contributed by atoms with Gasteiger partial charge in [-0.05, 0) is 160 Å². The second kappa shape index (κ2) is 15.4. The van der Waals surface area contributed by atoms with E-state index in [2.05, 4.69) is 255 Å². The van der Waals surface area contributed by atoms with Crippen LogP contribution >= 0.6 is 0 Å². The number of rotatable bonds is 5. The number of benzene rings is 14. The highest BCUT2D eigenvalue weighted by molar-refractivity contribution is 6.26. The van der Waals surface area contributed by atoms with Crippen molar-refractivity contribution in [2.75, 3.05) is 0 Å². The molecule has 0 aliphatic carbocycles.